The maximum atomic E-state index is 12.9. The molecular weight excluding hydrogens is 318 g/mol. The van der Waals surface area contributed by atoms with Crippen LogP contribution in [0.4, 0.5) is 5.82 Å². The Bertz CT molecular complexity index is 832. The van der Waals surface area contributed by atoms with E-state index < -0.39 is 0 Å². The molecule has 3 heterocycles. The van der Waals surface area contributed by atoms with Crippen LogP contribution in [-0.4, -0.2) is 23.2 Å². The molecule has 2 aromatic rings. The Hall–Kier alpha value is -2.04. The highest BCUT2D eigenvalue weighted by atomic mass is 32.2. The SMILES string of the molecule is CSc1c(C(=O)c2cccs2)c2n(c(=O)c1C#N)CCCN2. The average molecular weight is 331 g/mol. The van der Waals surface area contributed by atoms with Gasteiger partial charge in [0.1, 0.15) is 17.5 Å². The van der Waals surface area contributed by atoms with Crippen LogP contribution in [0.5, 0.6) is 0 Å². The molecule has 1 N–H and O–H groups in total. The summed E-state index contributed by atoms with van der Waals surface area (Å²) in [5.74, 6) is 0.395. The van der Waals surface area contributed by atoms with Crippen LogP contribution in [0, 0.1) is 11.3 Å². The van der Waals surface area contributed by atoms with Crippen LogP contribution in [-0.2, 0) is 6.54 Å². The fourth-order valence-electron chi connectivity index (χ4n) is 2.59. The molecular formula is C15H13N3O2S2. The van der Waals surface area contributed by atoms with Crippen molar-refractivity contribution < 1.29 is 4.79 Å². The summed E-state index contributed by atoms with van der Waals surface area (Å²) in [4.78, 5) is 26.4. The molecule has 1 aliphatic rings. The van der Waals surface area contributed by atoms with Crippen LogP contribution in [0.25, 0.3) is 0 Å². The summed E-state index contributed by atoms with van der Waals surface area (Å²) in [5, 5.41) is 14.4. The monoisotopic (exact) mass is 331 g/mol. The topological polar surface area (TPSA) is 74.9 Å². The van der Waals surface area contributed by atoms with Crippen molar-refractivity contribution >= 4 is 34.7 Å². The number of rotatable bonds is 3. The zero-order chi connectivity index (χ0) is 15.7. The molecule has 0 unspecified atom stereocenters. The van der Waals surface area contributed by atoms with E-state index in [9.17, 15) is 14.9 Å². The molecule has 2 aromatic heterocycles. The molecule has 3 rings (SSSR count). The third-order valence-corrected chi connectivity index (χ3v) is 5.24. The summed E-state index contributed by atoms with van der Waals surface area (Å²) in [6.07, 6.45) is 2.57. The number of fused-ring (bicyclic) bond motifs is 1. The van der Waals surface area contributed by atoms with E-state index >= 15 is 0 Å². The van der Waals surface area contributed by atoms with Crippen molar-refractivity contribution in [2.75, 3.05) is 18.1 Å². The third-order valence-electron chi connectivity index (χ3n) is 3.56. The number of thiophene rings is 1. The molecule has 0 saturated carbocycles. The number of hydrogen-bond donors (Lipinski definition) is 1. The Morgan fingerprint density at radius 3 is 3.00 bits per heavy atom. The van der Waals surface area contributed by atoms with Gasteiger partial charge in [-0.2, -0.15) is 5.26 Å². The second-order valence-corrected chi connectivity index (χ2v) is 6.55. The fraction of sp³-hybridized carbons (Fsp3) is 0.267. The van der Waals surface area contributed by atoms with E-state index in [0.717, 1.165) is 6.42 Å². The summed E-state index contributed by atoms with van der Waals surface area (Å²) >= 11 is 2.62. The molecule has 0 atom stereocenters. The number of carbonyl (C=O) groups is 1. The van der Waals surface area contributed by atoms with Crippen LogP contribution < -0.4 is 10.9 Å². The van der Waals surface area contributed by atoms with Gasteiger partial charge in [0.2, 0.25) is 5.78 Å². The van der Waals surface area contributed by atoms with Gasteiger partial charge in [-0.05, 0) is 24.1 Å². The van der Waals surface area contributed by atoms with Crippen LogP contribution in [0.1, 0.15) is 27.2 Å². The quantitative estimate of drug-likeness (QED) is 0.691. The average Bonchev–Trinajstić information content (AvgIpc) is 3.08. The van der Waals surface area contributed by atoms with Gasteiger partial charge in [0.25, 0.3) is 5.56 Å². The Labute approximate surface area is 135 Å². The normalized spacial score (nSPS) is 13.1. The van der Waals surface area contributed by atoms with Crippen molar-refractivity contribution in [3.05, 3.63) is 43.9 Å². The first-order valence-electron chi connectivity index (χ1n) is 6.76. The highest BCUT2D eigenvalue weighted by molar-refractivity contribution is 7.98. The van der Waals surface area contributed by atoms with Crippen molar-refractivity contribution in [2.45, 2.75) is 17.9 Å². The van der Waals surface area contributed by atoms with Gasteiger partial charge in [-0.3, -0.25) is 14.2 Å². The first kappa shape index (κ1) is 14.9. The van der Waals surface area contributed by atoms with Gasteiger partial charge in [-0.15, -0.1) is 23.1 Å². The van der Waals surface area contributed by atoms with Gasteiger partial charge < -0.3 is 5.32 Å². The molecule has 0 radical (unpaired) electrons. The van der Waals surface area contributed by atoms with Gasteiger partial charge in [0, 0.05) is 18.0 Å². The van der Waals surface area contributed by atoms with Gasteiger partial charge in [-0.1, -0.05) is 6.07 Å². The molecule has 0 spiro atoms. The van der Waals surface area contributed by atoms with Crippen LogP contribution >= 0.6 is 23.1 Å². The molecule has 0 fully saturated rings. The van der Waals surface area contributed by atoms with E-state index in [1.165, 1.54) is 27.7 Å². The van der Waals surface area contributed by atoms with Gasteiger partial charge in [-0.25, -0.2) is 0 Å². The Morgan fingerprint density at radius 2 is 2.36 bits per heavy atom. The van der Waals surface area contributed by atoms with Crippen molar-refractivity contribution in [2.24, 2.45) is 0 Å². The summed E-state index contributed by atoms with van der Waals surface area (Å²) in [6.45, 7) is 1.24. The lowest BCUT2D eigenvalue weighted by Crippen LogP contribution is -2.33. The van der Waals surface area contributed by atoms with Gasteiger partial charge >= 0.3 is 0 Å². The maximum absolute atomic E-state index is 12.9. The van der Waals surface area contributed by atoms with Crippen molar-refractivity contribution in [1.82, 2.24) is 4.57 Å². The lowest BCUT2D eigenvalue weighted by Gasteiger charge is -2.24. The predicted molar refractivity (Wildman–Crippen MR) is 88.1 cm³/mol. The number of ketones is 1. The smallest absolute Gasteiger partial charge is 0.271 e. The minimum Gasteiger partial charge on any atom is -0.371 e. The molecule has 0 saturated heterocycles. The number of aromatic nitrogens is 1. The van der Waals surface area contributed by atoms with Crippen LogP contribution in [0.3, 0.4) is 0 Å². The highest BCUT2D eigenvalue weighted by Gasteiger charge is 2.28. The lowest BCUT2D eigenvalue weighted by atomic mass is 10.1. The molecule has 22 heavy (non-hydrogen) atoms. The zero-order valence-electron chi connectivity index (χ0n) is 11.9. The number of nitrogens with one attached hydrogen (secondary N) is 1. The molecule has 5 nitrogen and oxygen atoms in total. The lowest BCUT2D eigenvalue weighted by molar-refractivity contribution is 0.103. The fourth-order valence-corrected chi connectivity index (χ4v) is 3.99. The largest absolute Gasteiger partial charge is 0.371 e. The summed E-state index contributed by atoms with van der Waals surface area (Å²) < 4.78 is 1.52. The minimum absolute atomic E-state index is 0.0554. The minimum atomic E-state index is -0.322. The van der Waals surface area contributed by atoms with E-state index in [1.54, 1.807) is 12.3 Å². The first-order chi connectivity index (χ1) is 10.7. The number of nitrogens with zero attached hydrogens (tertiary/aromatic N) is 2. The van der Waals surface area contributed by atoms with E-state index in [-0.39, 0.29) is 16.9 Å². The summed E-state index contributed by atoms with van der Waals surface area (Å²) in [7, 11) is 0. The van der Waals surface area contributed by atoms with Crippen LogP contribution in [0.15, 0.2) is 27.2 Å². The predicted octanol–water partition coefficient (Wildman–Crippen LogP) is 2.55. The molecule has 1 aliphatic heterocycles. The molecule has 0 amide bonds. The van der Waals surface area contributed by atoms with Crippen molar-refractivity contribution in [3.8, 4) is 6.07 Å². The molecule has 0 bridgehead atoms. The van der Waals surface area contributed by atoms with Gasteiger partial charge in [0.15, 0.2) is 0 Å². The number of pyridine rings is 1. The molecule has 7 heteroatoms. The number of anilines is 1. The van der Waals surface area contributed by atoms with Crippen LogP contribution in [0.2, 0.25) is 0 Å². The number of hydrogen-bond acceptors (Lipinski definition) is 6. The van der Waals surface area contributed by atoms with Gasteiger partial charge in [0.05, 0.1) is 10.4 Å². The zero-order valence-corrected chi connectivity index (χ0v) is 13.5. The second kappa shape index (κ2) is 5.99. The third kappa shape index (κ3) is 2.25. The summed E-state index contributed by atoms with van der Waals surface area (Å²) in [5.41, 5.74) is 0.169. The second-order valence-electron chi connectivity index (χ2n) is 4.79. The standard InChI is InChI=1S/C15H13N3O2S2/c1-21-13-9(8-16)15(20)18-6-3-5-17-14(18)11(13)12(19)10-4-2-7-22-10/h2,4,7,17H,3,5-6H2,1H3. The molecule has 0 aliphatic carbocycles. The Balaban J connectivity index is 2.35. The van der Waals surface area contributed by atoms with Crippen molar-refractivity contribution in [1.29, 1.82) is 5.26 Å². The number of carbonyl (C=O) groups excluding carboxylic acids is 1. The summed E-state index contributed by atoms with van der Waals surface area (Å²) in [6, 6.07) is 5.55. The Kier molecular flexibility index (Phi) is 4.05. The van der Waals surface area contributed by atoms with E-state index in [2.05, 4.69) is 5.32 Å². The number of thioether (sulfide) groups is 1. The van der Waals surface area contributed by atoms with Crippen molar-refractivity contribution in [3.63, 3.8) is 0 Å². The molecule has 112 valence electrons. The van der Waals surface area contributed by atoms with E-state index in [4.69, 9.17) is 0 Å². The van der Waals surface area contributed by atoms with E-state index in [1.807, 2.05) is 17.5 Å². The maximum Gasteiger partial charge on any atom is 0.271 e. The first-order valence-corrected chi connectivity index (χ1v) is 8.86. The molecule has 0 aromatic carbocycles. The number of nitriles is 1. The van der Waals surface area contributed by atoms with E-state index in [0.29, 0.717) is 34.2 Å². The Morgan fingerprint density at radius 1 is 1.55 bits per heavy atom. The highest BCUT2D eigenvalue weighted by Crippen LogP contribution is 2.32.